The lowest BCUT2D eigenvalue weighted by Gasteiger charge is -2.37. The minimum atomic E-state index is 0.0180. The average molecular weight is 448 g/mol. The van der Waals surface area contributed by atoms with Gasteiger partial charge in [0.15, 0.2) is 5.76 Å². The molecule has 1 amide bonds. The number of rotatable bonds is 3. The lowest BCUT2D eigenvalue weighted by atomic mass is 9.90. The highest BCUT2D eigenvalue weighted by Crippen LogP contribution is 2.37. The summed E-state index contributed by atoms with van der Waals surface area (Å²) >= 11 is 0. The summed E-state index contributed by atoms with van der Waals surface area (Å²) in [4.78, 5) is 23.1. The highest BCUT2D eigenvalue weighted by molar-refractivity contribution is 6.11. The van der Waals surface area contributed by atoms with Crippen LogP contribution in [0.25, 0.3) is 6.08 Å². The minimum Gasteiger partial charge on any atom is -0.420 e. The fourth-order valence-corrected chi connectivity index (χ4v) is 6.67. The SMILES string of the molecule is O=C1/C(=C\c2cc3c4c(c2)CCCN4CCC3)O/C(=N\C2CCCCC2)N1C1CCCCC1. The Morgan fingerprint density at radius 1 is 0.848 bits per heavy atom. The van der Waals surface area contributed by atoms with Crippen molar-refractivity contribution in [3.05, 3.63) is 34.6 Å². The van der Waals surface area contributed by atoms with Crippen LogP contribution in [0.1, 0.15) is 93.7 Å². The lowest BCUT2D eigenvalue weighted by molar-refractivity contribution is -0.124. The molecule has 1 saturated heterocycles. The minimum absolute atomic E-state index is 0.0180. The highest BCUT2D eigenvalue weighted by Gasteiger charge is 2.40. The summed E-state index contributed by atoms with van der Waals surface area (Å²) in [7, 11) is 0. The van der Waals surface area contributed by atoms with Crippen molar-refractivity contribution in [2.24, 2.45) is 4.99 Å². The van der Waals surface area contributed by atoms with Crippen LogP contribution >= 0.6 is 0 Å². The second-order valence-electron chi connectivity index (χ2n) is 10.7. The van der Waals surface area contributed by atoms with Crippen molar-refractivity contribution in [1.82, 2.24) is 4.90 Å². The zero-order valence-electron chi connectivity index (χ0n) is 19.9. The third-order valence-corrected chi connectivity index (χ3v) is 8.30. The van der Waals surface area contributed by atoms with Crippen LogP contribution in [0.2, 0.25) is 0 Å². The van der Waals surface area contributed by atoms with E-state index in [2.05, 4.69) is 17.0 Å². The molecule has 5 nitrogen and oxygen atoms in total. The molecule has 3 aliphatic heterocycles. The smallest absolute Gasteiger partial charge is 0.300 e. The first kappa shape index (κ1) is 21.2. The Hall–Kier alpha value is -2.30. The van der Waals surface area contributed by atoms with Gasteiger partial charge in [0.25, 0.3) is 5.91 Å². The van der Waals surface area contributed by atoms with E-state index in [9.17, 15) is 4.79 Å². The normalized spacial score (nSPS) is 26.7. The molecule has 0 spiro atoms. The van der Waals surface area contributed by atoms with Crippen molar-refractivity contribution in [2.75, 3.05) is 18.0 Å². The number of carbonyl (C=O) groups excluding carboxylic acids is 1. The Balaban J connectivity index is 1.33. The summed E-state index contributed by atoms with van der Waals surface area (Å²) in [6.45, 7) is 2.36. The Bertz CT molecular complexity index is 938. The van der Waals surface area contributed by atoms with Crippen molar-refractivity contribution in [3.63, 3.8) is 0 Å². The number of hydrogen-bond acceptors (Lipinski definition) is 4. The monoisotopic (exact) mass is 447 g/mol. The van der Waals surface area contributed by atoms with Gasteiger partial charge in [0, 0.05) is 24.8 Å². The maximum absolute atomic E-state index is 13.6. The van der Waals surface area contributed by atoms with Crippen LogP contribution in [-0.4, -0.2) is 42.0 Å². The van der Waals surface area contributed by atoms with Crippen molar-refractivity contribution in [3.8, 4) is 0 Å². The second-order valence-corrected chi connectivity index (χ2v) is 10.7. The summed E-state index contributed by atoms with van der Waals surface area (Å²) in [5.74, 6) is 0.482. The molecule has 0 bridgehead atoms. The van der Waals surface area contributed by atoms with E-state index in [-0.39, 0.29) is 11.9 Å². The molecule has 0 unspecified atom stereocenters. The number of aliphatic imine (C=N–C) groups is 1. The van der Waals surface area contributed by atoms with E-state index < -0.39 is 0 Å². The molecule has 2 saturated carbocycles. The van der Waals surface area contributed by atoms with Gasteiger partial charge in [-0.1, -0.05) is 38.5 Å². The molecule has 3 heterocycles. The van der Waals surface area contributed by atoms with Gasteiger partial charge in [-0.2, -0.15) is 0 Å². The van der Waals surface area contributed by atoms with Crippen molar-refractivity contribution < 1.29 is 9.53 Å². The molecule has 1 aromatic rings. The van der Waals surface area contributed by atoms with Crippen molar-refractivity contribution >= 4 is 23.7 Å². The number of hydrogen-bond donors (Lipinski definition) is 0. The Morgan fingerprint density at radius 3 is 2.15 bits per heavy atom. The number of amides is 1. The first-order chi connectivity index (χ1) is 16.3. The first-order valence-electron chi connectivity index (χ1n) is 13.5. The Labute approximate surface area is 197 Å². The summed E-state index contributed by atoms with van der Waals surface area (Å²) in [6, 6.07) is 5.70. The maximum atomic E-state index is 13.6. The zero-order chi connectivity index (χ0) is 22.2. The van der Waals surface area contributed by atoms with Gasteiger partial charge >= 0.3 is 6.02 Å². The van der Waals surface area contributed by atoms with Crippen molar-refractivity contribution in [1.29, 1.82) is 0 Å². The molecule has 2 aliphatic carbocycles. The molecule has 33 heavy (non-hydrogen) atoms. The standard InChI is InChI=1S/C28H37N3O2/c32-27-25(19-20-17-21-9-7-15-30-16-8-10-22(18-20)26(21)30)33-28(29-23-11-3-1-4-12-23)31(27)24-13-5-2-6-14-24/h17-19,23-24H,1-16H2/b25-19+,29-28-. The van der Waals surface area contributed by atoms with Crippen LogP contribution in [0.3, 0.4) is 0 Å². The second kappa shape index (κ2) is 9.15. The van der Waals surface area contributed by atoms with Crippen LogP contribution < -0.4 is 4.90 Å². The highest BCUT2D eigenvalue weighted by atomic mass is 16.5. The molecular weight excluding hydrogens is 410 g/mol. The van der Waals surface area contributed by atoms with Crippen LogP contribution in [0.15, 0.2) is 22.9 Å². The third kappa shape index (κ3) is 4.20. The van der Waals surface area contributed by atoms with E-state index in [0.29, 0.717) is 17.8 Å². The van der Waals surface area contributed by atoms with Gasteiger partial charge in [-0.3, -0.25) is 9.69 Å². The van der Waals surface area contributed by atoms with Gasteiger partial charge < -0.3 is 9.64 Å². The van der Waals surface area contributed by atoms with E-state index in [1.807, 2.05) is 11.0 Å². The van der Waals surface area contributed by atoms with Crippen LogP contribution in [0.5, 0.6) is 0 Å². The predicted octanol–water partition coefficient (Wildman–Crippen LogP) is 5.61. The molecule has 5 aliphatic rings. The molecule has 1 aromatic carbocycles. The van der Waals surface area contributed by atoms with Crippen molar-refractivity contribution in [2.45, 2.75) is 102 Å². The van der Waals surface area contributed by atoms with Crippen LogP contribution in [0, 0.1) is 0 Å². The summed E-state index contributed by atoms with van der Waals surface area (Å²) in [5.41, 5.74) is 5.46. The molecule has 0 atom stereocenters. The van der Waals surface area contributed by atoms with Gasteiger partial charge in [0.2, 0.25) is 0 Å². The number of aryl methyl sites for hydroxylation is 2. The summed E-state index contributed by atoms with van der Waals surface area (Å²) in [6.07, 6.45) is 18.5. The van der Waals surface area contributed by atoms with E-state index in [0.717, 1.165) is 44.1 Å². The van der Waals surface area contributed by atoms with E-state index in [1.54, 1.807) is 0 Å². The number of anilines is 1. The fourth-order valence-electron chi connectivity index (χ4n) is 6.67. The quantitative estimate of drug-likeness (QED) is 0.566. The number of benzene rings is 1. The van der Waals surface area contributed by atoms with Gasteiger partial charge in [0.1, 0.15) is 0 Å². The number of ether oxygens (including phenoxy) is 1. The van der Waals surface area contributed by atoms with Crippen LogP contribution in [0.4, 0.5) is 5.69 Å². The number of carbonyl (C=O) groups is 1. The number of amidine groups is 1. The molecule has 3 fully saturated rings. The lowest BCUT2D eigenvalue weighted by Crippen LogP contribution is -2.41. The van der Waals surface area contributed by atoms with Gasteiger partial charge in [0.05, 0.1) is 6.04 Å². The largest absolute Gasteiger partial charge is 0.420 e. The Kier molecular flexibility index (Phi) is 5.89. The summed E-state index contributed by atoms with van der Waals surface area (Å²) < 4.78 is 6.28. The Morgan fingerprint density at radius 2 is 1.48 bits per heavy atom. The molecule has 176 valence electrons. The van der Waals surface area contributed by atoms with E-state index in [1.165, 1.54) is 81.3 Å². The van der Waals surface area contributed by atoms with E-state index in [4.69, 9.17) is 9.73 Å². The van der Waals surface area contributed by atoms with E-state index >= 15 is 0 Å². The fraction of sp³-hybridized carbons (Fsp3) is 0.643. The third-order valence-electron chi connectivity index (χ3n) is 8.30. The van der Waals surface area contributed by atoms with Crippen LogP contribution in [-0.2, 0) is 22.4 Å². The van der Waals surface area contributed by atoms with Gasteiger partial charge in [-0.15, -0.1) is 0 Å². The first-order valence-corrected chi connectivity index (χ1v) is 13.5. The predicted molar refractivity (Wildman–Crippen MR) is 132 cm³/mol. The molecule has 0 aromatic heterocycles. The molecule has 0 radical (unpaired) electrons. The molecule has 5 heteroatoms. The maximum Gasteiger partial charge on any atom is 0.300 e. The van der Waals surface area contributed by atoms with Gasteiger partial charge in [-0.25, -0.2) is 4.99 Å². The zero-order valence-corrected chi connectivity index (χ0v) is 19.9. The van der Waals surface area contributed by atoms with Gasteiger partial charge in [-0.05, 0) is 86.3 Å². The molecule has 0 N–H and O–H groups in total. The molecular formula is C28H37N3O2. The topological polar surface area (TPSA) is 45.1 Å². The number of nitrogens with zero attached hydrogens (tertiary/aromatic N) is 3. The summed E-state index contributed by atoms with van der Waals surface area (Å²) in [5, 5.41) is 0. The average Bonchev–Trinajstić information content (AvgIpc) is 3.15. The molecule has 6 rings (SSSR count).